The molecule has 2 aliphatic rings. The quantitative estimate of drug-likeness (QED) is 0.593. The minimum absolute atomic E-state index is 0.827. The molecule has 1 fully saturated rings. The predicted molar refractivity (Wildman–Crippen MR) is 51.7 cm³/mol. The number of nitrogens with two attached hydrogens (primary N) is 1. The van der Waals surface area contributed by atoms with Crippen LogP contribution in [0.3, 0.4) is 0 Å². The van der Waals surface area contributed by atoms with Gasteiger partial charge in [0.15, 0.2) is 0 Å². The fourth-order valence-corrected chi connectivity index (χ4v) is 2.95. The maximum absolute atomic E-state index is 5.79. The van der Waals surface area contributed by atoms with E-state index < -0.39 is 0 Å². The monoisotopic (exact) mass is 165 g/mol. The molecule has 0 aromatic rings. The number of hydrogen-bond acceptors (Lipinski definition) is 1. The zero-order chi connectivity index (χ0) is 8.39. The van der Waals surface area contributed by atoms with E-state index in [2.05, 4.69) is 12.2 Å². The number of rotatable bonds is 1. The fourth-order valence-electron chi connectivity index (χ4n) is 2.95. The summed E-state index contributed by atoms with van der Waals surface area (Å²) in [5.74, 6) is 2.72. The van der Waals surface area contributed by atoms with Crippen LogP contribution in [0.4, 0.5) is 0 Å². The van der Waals surface area contributed by atoms with Gasteiger partial charge >= 0.3 is 0 Å². The second kappa shape index (κ2) is 3.61. The van der Waals surface area contributed by atoms with Gasteiger partial charge in [0.1, 0.15) is 0 Å². The summed E-state index contributed by atoms with van der Waals surface area (Å²) in [4.78, 5) is 0. The van der Waals surface area contributed by atoms with Gasteiger partial charge in [0.2, 0.25) is 0 Å². The van der Waals surface area contributed by atoms with Crippen LogP contribution in [0, 0.1) is 17.8 Å². The Bertz CT molecular complexity index is 174. The highest BCUT2D eigenvalue weighted by Crippen LogP contribution is 2.40. The van der Waals surface area contributed by atoms with E-state index in [4.69, 9.17) is 5.73 Å². The van der Waals surface area contributed by atoms with E-state index in [0.717, 1.165) is 24.3 Å². The van der Waals surface area contributed by atoms with E-state index in [-0.39, 0.29) is 0 Å². The van der Waals surface area contributed by atoms with Gasteiger partial charge in [-0.2, -0.15) is 0 Å². The lowest BCUT2D eigenvalue weighted by Crippen LogP contribution is -2.33. The Morgan fingerprint density at radius 1 is 1.17 bits per heavy atom. The van der Waals surface area contributed by atoms with Crippen LogP contribution in [0.15, 0.2) is 12.2 Å². The van der Waals surface area contributed by atoms with Crippen molar-refractivity contribution in [2.75, 3.05) is 6.54 Å². The van der Waals surface area contributed by atoms with Crippen LogP contribution in [0.25, 0.3) is 0 Å². The minimum atomic E-state index is 0.827. The smallest absolute Gasteiger partial charge is 0.00460 e. The molecule has 0 spiro atoms. The van der Waals surface area contributed by atoms with E-state index >= 15 is 0 Å². The molecule has 1 nitrogen and oxygen atoms in total. The lowest BCUT2D eigenvalue weighted by molar-refractivity contribution is 0.153. The van der Waals surface area contributed by atoms with Crippen molar-refractivity contribution in [3.05, 3.63) is 12.2 Å². The average Bonchev–Trinajstić information content (AvgIpc) is 2.17. The Morgan fingerprint density at radius 2 is 2.00 bits per heavy atom. The average molecular weight is 165 g/mol. The Balaban J connectivity index is 2.05. The van der Waals surface area contributed by atoms with Crippen molar-refractivity contribution >= 4 is 0 Å². The third kappa shape index (κ3) is 1.42. The zero-order valence-electron chi connectivity index (χ0n) is 7.71. The third-order valence-electron chi connectivity index (χ3n) is 3.68. The summed E-state index contributed by atoms with van der Waals surface area (Å²) in [7, 11) is 0. The maximum Gasteiger partial charge on any atom is -0.00460 e. The van der Waals surface area contributed by atoms with Crippen LogP contribution in [0.1, 0.15) is 32.1 Å². The number of fused-ring (bicyclic) bond motifs is 1. The van der Waals surface area contributed by atoms with Gasteiger partial charge in [0, 0.05) is 0 Å². The van der Waals surface area contributed by atoms with Crippen molar-refractivity contribution in [2.45, 2.75) is 32.1 Å². The number of allylic oxidation sites excluding steroid dienone is 2. The van der Waals surface area contributed by atoms with Crippen molar-refractivity contribution in [1.29, 1.82) is 0 Å². The summed E-state index contributed by atoms with van der Waals surface area (Å²) in [6.07, 6.45) is 11.6. The molecule has 0 aromatic heterocycles. The van der Waals surface area contributed by atoms with Crippen LogP contribution < -0.4 is 5.73 Å². The summed E-state index contributed by atoms with van der Waals surface area (Å²) < 4.78 is 0. The van der Waals surface area contributed by atoms with E-state index in [1.807, 2.05) is 0 Å². The Kier molecular flexibility index (Phi) is 2.50. The number of hydrogen-bond donors (Lipinski definition) is 1. The van der Waals surface area contributed by atoms with E-state index in [1.54, 1.807) is 0 Å². The second-order valence-electron chi connectivity index (χ2n) is 4.29. The van der Waals surface area contributed by atoms with Gasteiger partial charge in [0.05, 0.1) is 0 Å². The van der Waals surface area contributed by atoms with Gasteiger partial charge in [-0.25, -0.2) is 0 Å². The molecule has 0 heterocycles. The van der Waals surface area contributed by atoms with Gasteiger partial charge in [-0.05, 0) is 50.0 Å². The largest absolute Gasteiger partial charge is 0.330 e. The van der Waals surface area contributed by atoms with Gasteiger partial charge in [-0.3, -0.25) is 0 Å². The molecule has 3 atom stereocenters. The Hall–Kier alpha value is -0.300. The minimum Gasteiger partial charge on any atom is -0.330 e. The van der Waals surface area contributed by atoms with Gasteiger partial charge in [0.25, 0.3) is 0 Å². The molecule has 12 heavy (non-hydrogen) atoms. The fraction of sp³-hybridized carbons (Fsp3) is 0.818. The SMILES string of the molecule is NCC1CCCC2CC=CCC12. The highest BCUT2D eigenvalue weighted by atomic mass is 14.6. The standard InChI is InChI=1S/C11H19N/c12-8-10-6-3-5-9-4-1-2-7-11(9)10/h1-2,9-11H,3-8,12H2. The summed E-state index contributed by atoms with van der Waals surface area (Å²) in [5.41, 5.74) is 5.79. The van der Waals surface area contributed by atoms with Gasteiger partial charge in [-0.15, -0.1) is 0 Å². The summed E-state index contributed by atoms with van der Waals surface area (Å²) in [6, 6.07) is 0. The second-order valence-corrected chi connectivity index (χ2v) is 4.29. The van der Waals surface area contributed by atoms with Crippen molar-refractivity contribution in [3.8, 4) is 0 Å². The summed E-state index contributed by atoms with van der Waals surface area (Å²) >= 11 is 0. The molecule has 0 aromatic carbocycles. The van der Waals surface area contributed by atoms with Gasteiger partial charge in [-0.1, -0.05) is 18.6 Å². The Labute approximate surface area is 75.0 Å². The zero-order valence-corrected chi connectivity index (χ0v) is 7.71. The van der Waals surface area contributed by atoms with Crippen LogP contribution in [0.2, 0.25) is 0 Å². The molecule has 1 heteroatoms. The maximum atomic E-state index is 5.79. The first kappa shape index (κ1) is 8.31. The van der Waals surface area contributed by atoms with E-state index in [1.165, 1.54) is 32.1 Å². The van der Waals surface area contributed by atoms with Crippen LogP contribution in [0.5, 0.6) is 0 Å². The summed E-state index contributed by atoms with van der Waals surface area (Å²) in [5, 5.41) is 0. The molecule has 0 radical (unpaired) electrons. The Morgan fingerprint density at radius 3 is 2.83 bits per heavy atom. The highest BCUT2D eigenvalue weighted by molar-refractivity contribution is 4.98. The van der Waals surface area contributed by atoms with Crippen molar-refractivity contribution in [1.82, 2.24) is 0 Å². The van der Waals surface area contributed by atoms with Crippen molar-refractivity contribution < 1.29 is 0 Å². The normalized spacial score (nSPS) is 40.9. The first-order valence-electron chi connectivity index (χ1n) is 5.27. The van der Waals surface area contributed by atoms with Crippen molar-refractivity contribution in [3.63, 3.8) is 0 Å². The van der Waals surface area contributed by atoms with Gasteiger partial charge < -0.3 is 5.73 Å². The lowest BCUT2D eigenvalue weighted by atomic mass is 9.67. The first-order chi connectivity index (χ1) is 5.92. The predicted octanol–water partition coefficient (Wildman–Crippen LogP) is 2.33. The molecule has 68 valence electrons. The molecule has 2 rings (SSSR count). The topological polar surface area (TPSA) is 26.0 Å². The van der Waals surface area contributed by atoms with Crippen LogP contribution >= 0.6 is 0 Å². The summed E-state index contributed by atoms with van der Waals surface area (Å²) in [6.45, 7) is 0.912. The molecule has 0 aliphatic heterocycles. The third-order valence-corrected chi connectivity index (χ3v) is 3.68. The molecule has 0 bridgehead atoms. The molecule has 0 amide bonds. The highest BCUT2D eigenvalue weighted by Gasteiger charge is 2.32. The molecule has 1 saturated carbocycles. The first-order valence-corrected chi connectivity index (χ1v) is 5.27. The van der Waals surface area contributed by atoms with Crippen LogP contribution in [-0.4, -0.2) is 6.54 Å². The molecule has 0 saturated heterocycles. The molecular formula is C11H19N. The lowest BCUT2D eigenvalue weighted by Gasteiger charge is -2.38. The molecular weight excluding hydrogens is 146 g/mol. The van der Waals surface area contributed by atoms with E-state index in [0.29, 0.717) is 0 Å². The molecule has 2 N–H and O–H groups in total. The molecule has 2 aliphatic carbocycles. The van der Waals surface area contributed by atoms with Crippen LogP contribution in [-0.2, 0) is 0 Å². The van der Waals surface area contributed by atoms with E-state index in [9.17, 15) is 0 Å². The van der Waals surface area contributed by atoms with Crippen molar-refractivity contribution in [2.24, 2.45) is 23.5 Å². The molecule has 3 unspecified atom stereocenters.